The lowest BCUT2D eigenvalue weighted by Gasteiger charge is -2.12. The Morgan fingerprint density at radius 1 is 0.966 bits per heavy atom. The zero-order valence-electron chi connectivity index (χ0n) is 15.9. The van der Waals surface area contributed by atoms with Crippen LogP contribution in [0.4, 0.5) is 5.69 Å². The molecular formula is C23H20ClNO4. The van der Waals surface area contributed by atoms with E-state index in [1.807, 2.05) is 31.2 Å². The van der Waals surface area contributed by atoms with Gasteiger partial charge in [-0.15, -0.1) is 0 Å². The number of hydrogen-bond acceptors (Lipinski definition) is 4. The third kappa shape index (κ3) is 6.09. The van der Waals surface area contributed by atoms with Crippen molar-refractivity contribution in [1.29, 1.82) is 0 Å². The summed E-state index contributed by atoms with van der Waals surface area (Å²) < 4.78 is 10.9. The van der Waals surface area contributed by atoms with Crippen molar-refractivity contribution in [3.63, 3.8) is 0 Å². The molecule has 1 amide bonds. The summed E-state index contributed by atoms with van der Waals surface area (Å²) in [6, 6.07) is 21.3. The van der Waals surface area contributed by atoms with Gasteiger partial charge < -0.3 is 14.8 Å². The molecule has 0 radical (unpaired) electrons. The van der Waals surface area contributed by atoms with E-state index < -0.39 is 18.5 Å². The minimum atomic E-state index is -0.629. The Balaban J connectivity index is 1.57. The van der Waals surface area contributed by atoms with Gasteiger partial charge in [0.15, 0.2) is 6.61 Å². The number of amides is 1. The average Bonchev–Trinajstić information content (AvgIpc) is 2.72. The van der Waals surface area contributed by atoms with Gasteiger partial charge in [0.1, 0.15) is 17.9 Å². The number of ether oxygens (including phenoxy) is 2. The smallest absolute Gasteiger partial charge is 0.342 e. The molecule has 0 saturated carbocycles. The summed E-state index contributed by atoms with van der Waals surface area (Å²) in [6.45, 7) is 1.92. The van der Waals surface area contributed by atoms with Crippen LogP contribution in [-0.4, -0.2) is 18.5 Å². The van der Waals surface area contributed by atoms with Gasteiger partial charge in [-0.2, -0.15) is 0 Å². The Labute approximate surface area is 174 Å². The molecule has 0 aliphatic rings. The highest BCUT2D eigenvalue weighted by molar-refractivity contribution is 6.30. The van der Waals surface area contributed by atoms with Crippen LogP contribution in [0.5, 0.6) is 5.75 Å². The van der Waals surface area contributed by atoms with Crippen LogP contribution in [0, 0.1) is 6.92 Å². The largest absolute Gasteiger partial charge is 0.488 e. The molecule has 3 aromatic carbocycles. The quantitative estimate of drug-likeness (QED) is 0.556. The number of esters is 1. The maximum Gasteiger partial charge on any atom is 0.342 e. The number of carbonyl (C=O) groups excluding carboxylic acids is 2. The molecule has 5 nitrogen and oxygen atoms in total. The summed E-state index contributed by atoms with van der Waals surface area (Å²) in [6.07, 6.45) is 0. The summed E-state index contributed by atoms with van der Waals surface area (Å²) in [7, 11) is 0. The van der Waals surface area contributed by atoms with E-state index >= 15 is 0 Å². The lowest BCUT2D eigenvalue weighted by atomic mass is 10.1. The molecule has 148 valence electrons. The minimum absolute atomic E-state index is 0.263. The molecule has 0 atom stereocenters. The number of benzene rings is 3. The highest BCUT2D eigenvalue weighted by Gasteiger charge is 2.15. The van der Waals surface area contributed by atoms with Gasteiger partial charge >= 0.3 is 5.97 Å². The van der Waals surface area contributed by atoms with Gasteiger partial charge in [0.2, 0.25) is 0 Å². The summed E-state index contributed by atoms with van der Waals surface area (Å²) in [5.74, 6) is -0.674. The number of carbonyl (C=O) groups is 2. The van der Waals surface area contributed by atoms with Crippen molar-refractivity contribution in [1.82, 2.24) is 0 Å². The Bertz CT molecular complexity index is 1000. The lowest BCUT2D eigenvalue weighted by Crippen LogP contribution is -2.21. The standard InChI is InChI=1S/C23H20ClNO4/c1-16-5-4-6-17(13-16)14-28-21-8-3-2-7-20(21)23(27)29-15-22(26)25-19-11-9-18(24)10-12-19/h2-13H,14-15H2,1H3,(H,25,26). The number of hydrogen-bond donors (Lipinski definition) is 1. The van der Waals surface area contributed by atoms with Gasteiger partial charge in [0.05, 0.1) is 0 Å². The molecule has 0 aromatic heterocycles. The maximum atomic E-state index is 12.4. The van der Waals surface area contributed by atoms with Crippen molar-refractivity contribution >= 4 is 29.2 Å². The van der Waals surface area contributed by atoms with Gasteiger partial charge in [-0.3, -0.25) is 4.79 Å². The average molecular weight is 410 g/mol. The van der Waals surface area contributed by atoms with Crippen LogP contribution in [0.25, 0.3) is 0 Å². The van der Waals surface area contributed by atoms with E-state index in [1.165, 1.54) is 0 Å². The molecule has 3 rings (SSSR count). The Hall–Kier alpha value is -3.31. The normalized spacial score (nSPS) is 10.3. The first-order valence-corrected chi connectivity index (χ1v) is 9.39. The fourth-order valence-electron chi connectivity index (χ4n) is 2.66. The van der Waals surface area contributed by atoms with Crippen molar-refractivity contribution in [2.24, 2.45) is 0 Å². The van der Waals surface area contributed by atoms with E-state index in [0.717, 1.165) is 11.1 Å². The molecule has 6 heteroatoms. The topological polar surface area (TPSA) is 64.6 Å². The number of halogens is 1. The molecule has 0 aliphatic heterocycles. The zero-order chi connectivity index (χ0) is 20.6. The molecular weight excluding hydrogens is 390 g/mol. The van der Waals surface area contributed by atoms with Crippen LogP contribution in [0.3, 0.4) is 0 Å². The molecule has 0 aliphatic carbocycles. The SMILES string of the molecule is Cc1cccc(COc2ccccc2C(=O)OCC(=O)Nc2ccc(Cl)cc2)c1. The third-order valence-corrected chi connectivity index (χ3v) is 4.30. The van der Waals surface area contributed by atoms with E-state index in [0.29, 0.717) is 23.1 Å². The zero-order valence-corrected chi connectivity index (χ0v) is 16.6. The molecule has 1 N–H and O–H groups in total. The molecule has 0 unspecified atom stereocenters. The molecule has 29 heavy (non-hydrogen) atoms. The predicted molar refractivity (Wildman–Crippen MR) is 112 cm³/mol. The second kappa shape index (κ2) is 9.75. The van der Waals surface area contributed by atoms with Gasteiger partial charge in [-0.1, -0.05) is 53.6 Å². The van der Waals surface area contributed by atoms with Crippen molar-refractivity contribution < 1.29 is 19.1 Å². The molecule has 0 saturated heterocycles. The Morgan fingerprint density at radius 2 is 1.72 bits per heavy atom. The number of nitrogens with one attached hydrogen (secondary N) is 1. The minimum Gasteiger partial charge on any atom is -0.488 e. The second-order valence-corrected chi connectivity index (χ2v) is 6.84. The fourth-order valence-corrected chi connectivity index (χ4v) is 2.79. The van der Waals surface area contributed by atoms with Crippen LogP contribution in [-0.2, 0) is 16.1 Å². The van der Waals surface area contributed by atoms with E-state index in [2.05, 4.69) is 5.32 Å². The third-order valence-electron chi connectivity index (χ3n) is 4.05. The predicted octanol–water partition coefficient (Wildman–Crippen LogP) is 5.02. The number of para-hydroxylation sites is 1. The maximum absolute atomic E-state index is 12.4. The first-order valence-electron chi connectivity index (χ1n) is 9.01. The molecule has 0 bridgehead atoms. The molecule has 3 aromatic rings. The van der Waals surface area contributed by atoms with Crippen molar-refractivity contribution in [2.45, 2.75) is 13.5 Å². The van der Waals surface area contributed by atoms with Crippen LogP contribution in [0.2, 0.25) is 5.02 Å². The van der Waals surface area contributed by atoms with Crippen LogP contribution >= 0.6 is 11.6 Å². The number of rotatable bonds is 7. The highest BCUT2D eigenvalue weighted by atomic mass is 35.5. The fraction of sp³-hybridized carbons (Fsp3) is 0.130. The van der Waals surface area contributed by atoms with Gasteiger partial charge in [-0.25, -0.2) is 4.79 Å². The first kappa shape index (κ1) is 20.4. The monoisotopic (exact) mass is 409 g/mol. The van der Waals surface area contributed by atoms with Crippen molar-refractivity contribution in [3.8, 4) is 5.75 Å². The van der Waals surface area contributed by atoms with Gasteiger partial charge in [-0.05, 0) is 48.9 Å². The summed E-state index contributed by atoms with van der Waals surface area (Å²) in [4.78, 5) is 24.4. The first-order chi connectivity index (χ1) is 14.0. The molecule has 0 heterocycles. The van der Waals surface area contributed by atoms with Crippen molar-refractivity contribution in [3.05, 3.63) is 94.5 Å². The van der Waals surface area contributed by atoms with Crippen LogP contribution in [0.1, 0.15) is 21.5 Å². The van der Waals surface area contributed by atoms with Crippen LogP contribution in [0.15, 0.2) is 72.8 Å². The van der Waals surface area contributed by atoms with Crippen LogP contribution < -0.4 is 10.1 Å². The van der Waals surface area contributed by atoms with Gasteiger partial charge in [0, 0.05) is 10.7 Å². The summed E-state index contributed by atoms with van der Waals surface area (Å²) in [5.41, 5.74) is 2.96. The number of aryl methyl sites for hydroxylation is 1. The van der Waals surface area contributed by atoms with E-state index in [4.69, 9.17) is 21.1 Å². The van der Waals surface area contributed by atoms with Crippen molar-refractivity contribution in [2.75, 3.05) is 11.9 Å². The summed E-state index contributed by atoms with van der Waals surface area (Å²) >= 11 is 5.81. The molecule has 0 spiro atoms. The van der Waals surface area contributed by atoms with E-state index in [-0.39, 0.29) is 5.56 Å². The number of anilines is 1. The van der Waals surface area contributed by atoms with Gasteiger partial charge in [0.25, 0.3) is 5.91 Å². The Kier molecular flexibility index (Phi) is 6.87. The Morgan fingerprint density at radius 3 is 2.48 bits per heavy atom. The van der Waals surface area contributed by atoms with E-state index in [1.54, 1.807) is 48.5 Å². The lowest BCUT2D eigenvalue weighted by molar-refractivity contribution is -0.119. The second-order valence-electron chi connectivity index (χ2n) is 6.41. The highest BCUT2D eigenvalue weighted by Crippen LogP contribution is 2.21. The van der Waals surface area contributed by atoms with E-state index in [9.17, 15) is 9.59 Å². The summed E-state index contributed by atoms with van der Waals surface area (Å²) in [5, 5.41) is 3.20. The molecule has 0 fully saturated rings.